The van der Waals surface area contributed by atoms with Crippen LogP contribution in [0, 0.1) is 0 Å². The number of aromatic nitrogens is 2. The molecule has 0 spiro atoms. The molecule has 1 unspecified atom stereocenters. The van der Waals surface area contributed by atoms with Gasteiger partial charge in [0.25, 0.3) is 5.91 Å². The molecule has 1 saturated heterocycles. The van der Waals surface area contributed by atoms with Crippen molar-refractivity contribution in [3.05, 3.63) is 17.5 Å². The van der Waals surface area contributed by atoms with Crippen molar-refractivity contribution < 1.29 is 4.79 Å². The second-order valence-electron chi connectivity index (χ2n) is 4.78. The number of nitrogens with zero attached hydrogens (tertiary/aromatic N) is 2. The lowest BCUT2D eigenvalue weighted by atomic mass is 10.2. The van der Waals surface area contributed by atoms with Gasteiger partial charge >= 0.3 is 0 Å². The third kappa shape index (κ3) is 3.70. The minimum atomic E-state index is 0. The van der Waals surface area contributed by atoms with Gasteiger partial charge in [0.1, 0.15) is 5.69 Å². The van der Waals surface area contributed by atoms with Crippen molar-refractivity contribution in [3.8, 4) is 0 Å². The van der Waals surface area contributed by atoms with Gasteiger partial charge in [-0.05, 0) is 31.9 Å². The average Bonchev–Trinajstić information content (AvgIpc) is 3.05. The summed E-state index contributed by atoms with van der Waals surface area (Å²) in [7, 11) is 0. The lowest BCUT2D eigenvalue weighted by molar-refractivity contribution is 0.0686. The molecule has 5 nitrogen and oxygen atoms in total. The largest absolute Gasteiger partial charge is 0.333 e. The van der Waals surface area contributed by atoms with Crippen molar-refractivity contribution >= 4 is 18.3 Å². The van der Waals surface area contributed by atoms with Gasteiger partial charge in [0.05, 0.1) is 0 Å². The van der Waals surface area contributed by atoms with Gasteiger partial charge < -0.3 is 10.2 Å². The SMILES string of the molecule is CCCN(C(=O)c1cc(CC)[nH]n1)C1CCNC1.Cl. The van der Waals surface area contributed by atoms with E-state index < -0.39 is 0 Å². The van der Waals surface area contributed by atoms with E-state index in [1.165, 1.54) is 0 Å². The first kappa shape index (κ1) is 16.0. The Morgan fingerprint density at radius 3 is 2.84 bits per heavy atom. The summed E-state index contributed by atoms with van der Waals surface area (Å²) in [6.07, 6.45) is 2.89. The number of halogens is 1. The molecule has 19 heavy (non-hydrogen) atoms. The zero-order valence-corrected chi connectivity index (χ0v) is 12.4. The third-order valence-electron chi connectivity index (χ3n) is 3.43. The monoisotopic (exact) mass is 286 g/mol. The van der Waals surface area contributed by atoms with Crippen molar-refractivity contribution in [1.29, 1.82) is 0 Å². The molecule has 0 aromatic carbocycles. The van der Waals surface area contributed by atoms with E-state index in [1.807, 2.05) is 17.9 Å². The number of nitrogens with one attached hydrogen (secondary N) is 2. The highest BCUT2D eigenvalue weighted by atomic mass is 35.5. The van der Waals surface area contributed by atoms with E-state index in [-0.39, 0.29) is 18.3 Å². The van der Waals surface area contributed by atoms with Crippen LogP contribution >= 0.6 is 12.4 Å². The fourth-order valence-electron chi connectivity index (χ4n) is 2.40. The van der Waals surface area contributed by atoms with Crippen LogP contribution in [-0.2, 0) is 6.42 Å². The minimum Gasteiger partial charge on any atom is -0.333 e. The average molecular weight is 287 g/mol. The molecule has 1 amide bonds. The van der Waals surface area contributed by atoms with Crippen molar-refractivity contribution in [2.24, 2.45) is 0 Å². The highest BCUT2D eigenvalue weighted by Crippen LogP contribution is 2.13. The summed E-state index contributed by atoms with van der Waals surface area (Å²) in [5, 5.41) is 10.3. The zero-order valence-electron chi connectivity index (χ0n) is 11.6. The van der Waals surface area contributed by atoms with Crippen LogP contribution in [0.1, 0.15) is 42.9 Å². The Balaban J connectivity index is 0.00000180. The Hall–Kier alpha value is -1.07. The molecule has 1 aromatic rings. The second kappa shape index (κ2) is 7.50. The maximum atomic E-state index is 12.5. The molecule has 108 valence electrons. The van der Waals surface area contributed by atoms with E-state index in [1.54, 1.807) is 0 Å². The van der Waals surface area contributed by atoms with Crippen LogP contribution in [0.5, 0.6) is 0 Å². The number of aromatic amines is 1. The van der Waals surface area contributed by atoms with Crippen molar-refractivity contribution in [2.45, 2.75) is 39.2 Å². The van der Waals surface area contributed by atoms with E-state index in [9.17, 15) is 4.79 Å². The Morgan fingerprint density at radius 2 is 2.32 bits per heavy atom. The molecule has 0 aliphatic carbocycles. The fraction of sp³-hybridized carbons (Fsp3) is 0.692. The number of hydrogen-bond acceptors (Lipinski definition) is 3. The number of carbonyl (C=O) groups excluding carboxylic acids is 1. The number of aryl methyl sites for hydroxylation is 1. The van der Waals surface area contributed by atoms with Crippen LogP contribution in [0.4, 0.5) is 0 Å². The lowest BCUT2D eigenvalue weighted by Gasteiger charge is -2.27. The topological polar surface area (TPSA) is 61.0 Å². The smallest absolute Gasteiger partial charge is 0.274 e. The highest BCUT2D eigenvalue weighted by Gasteiger charge is 2.27. The Morgan fingerprint density at radius 1 is 1.53 bits per heavy atom. The summed E-state index contributed by atoms with van der Waals surface area (Å²) >= 11 is 0. The number of carbonyl (C=O) groups is 1. The van der Waals surface area contributed by atoms with Crippen LogP contribution in [0.2, 0.25) is 0 Å². The van der Waals surface area contributed by atoms with Gasteiger partial charge in [0.2, 0.25) is 0 Å². The molecule has 1 aliphatic heterocycles. The molecule has 2 N–H and O–H groups in total. The first-order valence-electron chi connectivity index (χ1n) is 6.82. The van der Waals surface area contributed by atoms with Gasteiger partial charge in [-0.25, -0.2) is 0 Å². The fourth-order valence-corrected chi connectivity index (χ4v) is 2.40. The van der Waals surface area contributed by atoms with Gasteiger partial charge in [-0.1, -0.05) is 13.8 Å². The first-order chi connectivity index (χ1) is 8.76. The number of hydrogen-bond donors (Lipinski definition) is 2. The van der Waals surface area contributed by atoms with E-state index in [0.29, 0.717) is 11.7 Å². The minimum absolute atomic E-state index is 0. The third-order valence-corrected chi connectivity index (χ3v) is 3.43. The maximum Gasteiger partial charge on any atom is 0.274 e. The van der Waals surface area contributed by atoms with Gasteiger partial charge in [-0.2, -0.15) is 5.10 Å². The van der Waals surface area contributed by atoms with Gasteiger partial charge in [-0.15, -0.1) is 12.4 Å². The van der Waals surface area contributed by atoms with Crippen molar-refractivity contribution in [3.63, 3.8) is 0 Å². The predicted octanol–water partition coefficient (Wildman–Crippen LogP) is 1.61. The molecule has 1 aliphatic rings. The van der Waals surface area contributed by atoms with Gasteiger partial charge in [0, 0.05) is 24.8 Å². The zero-order chi connectivity index (χ0) is 13.0. The Labute approximate surface area is 120 Å². The lowest BCUT2D eigenvalue weighted by Crippen LogP contribution is -2.42. The molecule has 6 heteroatoms. The second-order valence-corrected chi connectivity index (χ2v) is 4.78. The standard InChI is InChI=1S/C13H22N4O.ClH/c1-3-7-17(11-5-6-14-9-11)13(18)12-8-10(4-2)15-16-12;/h8,11,14H,3-7,9H2,1-2H3,(H,15,16);1H. The molecule has 1 aromatic heterocycles. The van der Waals surface area contributed by atoms with Gasteiger partial charge in [0.15, 0.2) is 0 Å². The summed E-state index contributed by atoms with van der Waals surface area (Å²) in [4.78, 5) is 14.4. The van der Waals surface area contributed by atoms with E-state index >= 15 is 0 Å². The van der Waals surface area contributed by atoms with Crippen LogP contribution in [0.3, 0.4) is 0 Å². The Bertz CT molecular complexity index is 401. The number of rotatable bonds is 5. The highest BCUT2D eigenvalue weighted by molar-refractivity contribution is 5.92. The first-order valence-corrected chi connectivity index (χ1v) is 6.82. The summed E-state index contributed by atoms with van der Waals surface area (Å²) in [6, 6.07) is 2.19. The summed E-state index contributed by atoms with van der Waals surface area (Å²) < 4.78 is 0. The molecule has 2 heterocycles. The summed E-state index contributed by atoms with van der Waals surface area (Å²) in [5.41, 5.74) is 1.56. The van der Waals surface area contributed by atoms with E-state index in [4.69, 9.17) is 0 Å². The van der Waals surface area contributed by atoms with Crippen molar-refractivity contribution in [1.82, 2.24) is 20.4 Å². The van der Waals surface area contributed by atoms with E-state index in [0.717, 1.165) is 44.6 Å². The molecule has 2 rings (SSSR count). The molecular weight excluding hydrogens is 264 g/mol. The van der Waals surface area contributed by atoms with Crippen LogP contribution in [0.25, 0.3) is 0 Å². The van der Waals surface area contributed by atoms with Crippen LogP contribution < -0.4 is 5.32 Å². The predicted molar refractivity (Wildman–Crippen MR) is 77.8 cm³/mol. The van der Waals surface area contributed by atoms with Crippen molar-refractivity contribution in [2.75, 3.05) is 19.6 Å². The number of amides is 1. The number of H-pyrrole nitrogens is 1. The quantitative estimate of drug-likeness (QED) is 0.864. The molecule has 0 radical (unpaired) electrons. The summed E-state index contributed by atoms with van der Waals surface area (Å²) in [5.74, 6) is 0.0569. The Kier molecular flexibility index (Phi) is 6.31. The van der Waals surface area contributed by atoms with Crippen LogP contribution in [0.15, 0.2) is 6.07 Å². The maximum absolute atomic E-state index is 12.5. The molecule has 0 bridgehead atoms. The van der Waals surface area contributed by atoms with E-state index in [2.05, 4.69) is 22.4 Å². The van der Waals surface area contributed by atoms with Crippen LogP contribution in [-0.4, -0.2) is 46.7 Å². The molecular formula is C13H23ClN4O. The normalized spacial score (nSPS) is 18.1. The summed E-state index contributed by atoms with van der Waals surface area (Å²) in [6.45, 7) is 6.85. The molecule has 0 saturated carbocycles. The molecule has 1 atom stereocenters. The van der Waals surface area contributed by atoms with Gasteiger partial charge in [-0.3, -0.25) is 9.89 Å². The molecule has 1 fully saturated rings.